The first-order chi connectivity index (χ1) is 9.95. The van der Waals surface area contributed by atoms with Crippen molar-refractivity contribution in [2.45, 2.75) is 31.6 Å². The van der Waals surface area contributed by atoms with E-state index in [-0.39, 0.29) is 0 Å². The van der Waals surface area contributed by atoms with Gasteiger partial charge in [0.15, 0.2) is 0 Å². The lowest BCUT2D eigenvalue weighted by molar-refractivity contribution is 0.298. The number of allylic oxidation sites excluding steroid dienone is 2. The number of rotatable bonds is 3. The number of nitriles is 1. The molecule has 0 N–H and O–H groups in total. The monoisotopic (exact) mass is 304 g/mol. The average Bonchev–Trinajstić information content (AvgIpc) is 2.48. The molecule has 0 unspecified atom stereocenters. The fourth-order valence-corrected chi connectivity index (χ4v) is 4.10. The standard InChI is InChI=1S/C16H20N2O2S/c1-13-3-5-16(6-4-13)21(19,20)18-11-8-15(9-12-18)14(2)7-10-17/h3-7,15H,8-9,11-12H2,1-2H3/b14-7+. The third-order valence-electron chi connectivity index (χ3n) is 4.05. The van der Waals surface area contributed by atoms with Gasteiger partial charge < -0.3 is 0 Å². The Morgan fingerprint density at radius 2 is 1.86 bits per heavy atom. The van der Waals surface area contributed by atoms with E-state index >= 15 is 0 Å². The number of aryl methyl sites for hydroxylation is 1. The van der Waals surface area contributed by atoms with E-state index in [1.54, 1.807) is 22.5 Å². The van der Waals surface area contributed by atoms with Crippen LogP contribution in [0.15, 0.2) is 40.8 Å². The van der Waals surface area contributed by atoms with Crippen molar-refractivity contribution in [2.24, 2.45) is 5.92 Å². The molecule has 0 atom stereocenters. The predicted molar refractivity (Wildman–Crippen MR) is 82.0 cm³/mol. The van der Waals surface area contributed by atoms with Crippen molar-refractivity contribution < 1.29 is 8.42 Å². The van der Waals surface area contributed by atoms with Gasteiger partial charge in [0.05, 0.1) is 11.0 Å². The number of piperidine rings is 1. The Balaban J connectivity index is 2.10. The van der Waals surface area contributed by atoms with E-state index < -0.39 is 10.0 Å². The number of benzene rings is 1. The normalized spacial score (nSPS) is 18.4. The van der Waals surface area contributed by atoms with Gasteiger partial charge in [-0.2, -0.15) is 9.57 Å². The molecule has 0 spiro atoms. The quantitative estimate of drug-likeness (QED) is 0.807. The van der Waals surface area contributed by atoms with Crippen LogP contribution in [-0.4, -0.2) is 25.8 Å². The summed E-state index contributed by atoms with van der Waals surface area (Å²) in [6.07, 6.45) is 3.11. The lowest BCUT2D eigenvalue weighted by Crippen LogP contribution is -2.38. The van der Waals surface area contributed by atoms with Gasteiger partial charge in [0, 0.05) is 19.2 Å². The second-order valence-corrected chi connectivity index (χ2v) is 7.45. The molecule has 0 aliphatic carbocycles. The number of sulfonamides is 1. The summed E-state index contributed by atoms with van der Waals surface area (Å²) in [5.74, 6) is 0.314. The summed E-state index contributed by atoms with van der Waals surface area (Å²) in [6, 6.07) is 9.01. The summed E-state index contributed by atoms with van der Waals surface area (Å²) in [6.45, 7) is 4.90. The summed E-state index contributed by atoms with van der Waals surface area (Å²) < 4.78 is 26.7. The van der Waals surface area contributed by atoms with E-state index in [0.29, 0.717) is 23.9 Å². The maximum atomic E-state index is 12.6. The molecule has 2 rings (SSSR count). The molecule has 1 aliphatic heterocycles. The smallest absolute Gasteiger partial charge is 0.207 e. The van der Waals surface area contributed by atoms with Gasteiger partial charge in [-0.1, -0.05) is 23.3 Å². The van der Waals surface area contributed by atoms with Crippen LogP contribution in [0, 0.1) is 24.2 Å². The van der Waals surface area contributed by atoms with Crippen molar-refractivity contribution in [1.29, 1.82) is 5.26 Å². The summed E-state index contributed by atoms with van der Waals surface area (Å²) in [5, 5.41) is 8.69. The van der Waals surface area contributed by atoms with Crippen LogP contribution in [0.1, 0.15) is 25.3 Å². The first-order valence-corrected chi connectivity index (χ1v) is 8.52. The molecule has 21 heavy (non-hydrogen) atoms. The first kappa shape index (κ1) is 15.7. The zero-order chi connectivity index (χ0) is 15.5. The Kier molecular flexibility index (Phi) is 4.81. The van der Waals surface area contributed by atoms with Crippen LogP contribution < -0.4 is 0 Å². The van der Waals surface area contributed by atoms with Gasteiger partial charge in [0.2, 0.25) is 10.0 Å². The fraction of sp³-hybridized carbons (Fsp3) is 0.438. The Hall–Kier alpha value is -1.64. The van der Waals surface area contributed by atoms with Crippen LogP contribution in [0.2, 0.25) is 0 Å². The van der Waals surface area contributed by atoms with E-state index in [9.17, 15) is 8.42 Å². The average molecular weight is 304 g/mol. The van der Waals surface area contributed by atoms with Gasteiger partial charge in [-0.15, -0.1) is 0 Å². The van der Waals surface area contributed by atoms with Crippen molar-refractivity contribution in [3.63, 3.8) is 0 Å². The van der Waals surface area contributed by atoms with Gasteiger partial charge in [0.1, 0.15) is 0 Å². The molecule has 1 fully saturated rings. The maximum absolute atomic E-state index is 12.6. The minimum Gasteiger partial charge on any atom is -0.207 e. The van der Waals surface area contributed by atoms with Gasteiger partial charge in [-0.25, -0.2) is 8.42 Å². The van der Waals surface area contributed by atoms with Crippen LogP contribution in [0.25, 0.3) is 0 Å². The molecular weight excluding hydrogens is 284 g/mol. The molecule has 1 saturated heterocycles. The van der Waals surface area contributed by atoms with Crippen LogP contribution in [0.5, 0.6) is 0 Å². The molecular formula is C16H20N2O2S. The van der Waals surface area contributed by atoms with Crippen molar-refractivity contribution in [1.82, 2.24) is 4.31 Å². The highest BCUT2D eigenvalue weighted by Gasteiger charge is 2.29. The third kappa shape index (κ3) is 3.52. The zero-order valence-corrected chi connectivity index (χ0v) is 13.2. The zero-order valence-electron chi connectivity index (χ0n) is 12.4. The van der Waals surface area contributed by atoms with Crippen LogP contribution in [0.3, 0.4) is 0 Å². The molecule has 1 aliphatic rings. The summed E-state index contributed by atoms with van der Waals surface area (Å²) >= 11 is 0. The summed E-state index contributed by atoms with van der Waals surface area (Å²) in [5.41, 5.74) is 2.09. The molecule has 112 valence electrons. The third-order valence-corrected chi connectivity index (χ3v) is 5.96. The molecule has 5 heteroatoms. The molecule has 0 bridgehead atoms. The molecule has 0 radical (unpaired) electrons. The lowest BCUT2D eigenvalue weighted by atomic mass is 9.91. The van der Waals surface area contributed by atoms with E-state index in [0.717, 1.165) is 24.0 Å². The number of hydrogen-bond acceptors (Lipinski definition) is 3. The largest absolute Gasteiger partial charge is 0.243 e. The van der Waals surface area contributed by atoms with Crippen molar-refractivity contribution in [2.75, 3.05) is 13.1 Å². The van der Waals surface area contributed by atoms with Crippen LogP contribution >= 0.6 is 0 Å². The van der Waals surface area contributed by atoms with E-state index in [4.69, 9.17) is 5.26 Å². The van der Waals surface area contributed by atoms with Crippen molar-refractivity contribution >= 4 is 10.0 Å². The van der Waals surface area contributed by atoms with Gasteiger partial charge in [-0.3, -0.25) is 0 Å². The fourth-order valence-electron chi connectivity index (χ4n) is 2.63. The molecule has 4 nitrogen and oxygen atoms in total. The lowest BCUT2D eigenvalue weighted by Gasteiger charge is -2.31. The molecule has 0 saturated carbocycles. The van der Waals surface area contributed by atoms with Crippen molar-refractivity contribution in [3.8, 4) is 6.07 Å². The second-order valence-electron chi connectivity index (χ2n) is 5.51. The number of nitrogens with zero attached hydrogens (tertiary/aromatic N) is 2. The summed E-state index contributed by atoms with van der Waals surface area (Å²) in [4.78, 5) is 0.357. The minimum atomic E-state index is -3.39. The second kappa shape index (κ2) is 6.42. The summed E-state index contributed by atoms with van der Waals surface area (Å²) in [7, 11) is -3.39. The highest BCUT2D eigenvalue weighted by molar-refractivity contribution is 7.89. The first-order valence-electron chi connectivity index (χ1n) is 7.08. The highest BCUT2D eigenvalue weighted by Crippen LogP contribution is 2.28. The maximum Gasteiger partial charge on any atom is 0.243 e. The molecule has 1 aromatic rings. The predicted octanol–water partition coefficient (Wildman–Crippen LogP) is 2.87. The van der Waals surface area contributed by atoms with Crippen LogP contribution in [-0.2, 0) is 10.0 Å². The molecule has 1 aromatic carbocycles. The van der Waals surface area contributed by atoms with Crippen LogP contribution in [0.4, 0.5) is 0 Å². The van der Waals surface area contributed by atoms with Gasteiger partial charge >= 0.3 is 0 Å². The minimum absolute atomic E-state index is 0.314. The highest BCUT2D eigenvalue weighted by atomic mass is 32.2. The Labute approximate surface area is 126 Å². The Bertz CT molecular complexity index is 661. The Morgan fingerprint density at radius 3 is 2.38 bits per heavy atom. The van der Waals surface area contributed by atoms with E-state index in [1.807, 2.05) is 32.0 Å². The van der Waals surface area contributed by atoms with Crippen molar-refractivity contribution in [3.05, 3.63) is 41.5 Å². The van der Waals surface area contributed by atoms with Gasteiger partial charge in [0.25, 0.3) is 0 Å². The Morgan fingerprint density at radius 1 is 1.29 bits per heavy atom. The molecule has 1 heterocycles. The van der Waals surface area contributed by atoms with E-state index in [1.165, 1.54) is 0 Å². The SMILES string of the molecule is C/C(=C\C#N)C1CCN(S(=O)(=O)c2ccc(C)cc2)CC1. The molecule has 0 amide bonds. The topological polar surface area (TPSA) is 61.2 Å². The van der Waals surface area contributed by atoms with Gasteiger partial charge in [-0.05, 0) is 44.7 Å². The molecule has 0 aromatic heterocycles. The number of hydrogen-bond donors (Lipinski definition) is 0. The van der Waals surface area contributed by atoms with E-state index in [2.05, 4.69) is 0 Å².